The second-order valence-electron chi connectivity index (χ2n) is 6.69. The van der Waals surface area contributed by atoms with Crippen molar-refractivity contribution in [1.29, 1.82) is 0 Å². The van der Waals surface area contributed by atoms with Gasteiger partial charge in [0.05, 0.1) is 24.1 Å². The number of hydrogen-bond acceptors (Lipinski definition) is 7. The molecule has 1 unspecified atom stereocenters. The van der Waals surface area contributed by atoms with Crippen LogP contribution < -0.4 is 11.0 Å². The number of imidazole rings is 1. The van der Waals surface area contributed by atoms with Gasteiger partial charge in [0.15, 0.2) is 11.3 Å². The molecule has 1 saturated heterocycles. The molecule has 0 aromatic carbocycles. The maximum absolute atomic E-state index is 12.7. The number of nitrogens with zero attached hydrogens (tertiary/aromatic N) is 7. The Labute approximate surface area is 158 Å². The van der Waals surface area contributed by atoms with Gasteiger partial charge in [-0.2, -0.15) is 21.8 Å². The monoisotopic (exact) mass is 382 g/mol. The predicted molar refractivity (Wildman–Crippen MR) is 105 cm³/mol. The Morgan fingerprint density at radius 1 is 1.33 bits per heavy atom. The summed E-state index contributed by atoms with van der Waals surface area (Å²) in [5, 5.41) is 7.42. The average molecular weight is 382 g/mol. The van der Waals surface area contributed by atoms with Crippen LogP contribution in [0.5, 0.6) is 0 Å². The smallest absolute Gasteiger partial charge is 0.323 e. The summed E-state index contributed by atoms with van der Waals surface area (Å²) in [5.41, 5.74) is 4.01. The second-order valence-corrected chi connectivity index (χ2v) is 7.84. The highest BCUT2D eigenvalue weighted by molar-refractivity contribution is 7.99. The van der Waals surface area contributed by atoms with Crippen molar-refractivity contribution in [2.75, 3.05) is 16.8 Å². The Bertz CT molecular complexity index is 1220. The molecule has 1 aliphatic rings. The standard InChI is InChI=1S/C17H18N8OS/c1-10-5-14-19-9-20-24(14)7-12(10)21-16-18-6-13-15(22-16)25(17(26)23(13)2)11-3-4-27-8-11/h5-7,9,11H,3-4,8H2,1-2H3,(H,18,21,22). The fourth-order valence-electron chi connectivity index (χ4n) is 3.46. The van der Waals surface area contributed by atoms with Crippen LogP contribution in [0, 0.1) is 6.92 Å². The first kappa shape index (κ1) is 16.3. The van der Waals surface area contributed by atoms with Crippen LogP contribution in [0.2, 0.25) is 0 Å². The molecule has 0 amide bonds. The van der Waals surface area contributed by atoms with E-state index >= 15 is 0 Å². The topological polar surface area (TPSA) is 94.9 Å². The third-order valence-electron chi connectivity index (χ3n) is 4.97. The minimum absolute atomic E-state index is 0.0378. The SMILES string of the molecule is Cc1cc2ncnn2cc1Nc1ncc2c(n1)n(C1CCSC1)c(=O)n2C. The number of rotatable bonds is 3. The number of aromatic nitrogens is 7. The number of nitrogens with one attached hydrogen (secondary N) is 1. The lowest BCUT2D eigenvalue weighted by atomic mass is 10.2. The fourth-order valence-corrected chi connectivity index (χ4v) is 4.65. The Morgan fingerprint density at radius 3 is 3.04 bits per heavy atom. The summed E-state index contributed by atoms with van der Waals surface area (Å²) in [6.07, 6.45) is 6.06. The predicted octanol–water partition coefficient (Wildman–Crippen LogP) is 1.90. The number of thioether (sulfide) groups is 1. The maximum atomic E-state index is 12.7. The van der Waals surface area contributed by atoms with Crippen molar-refractivity contribution in [3.63, 3.8) is 0 Å². The van der Waals surface area contributed by atoms with E-state index in [1.165, 1.54) is 6.33 Å². The van der Waals surface area contributed by atoms with Crippen LogP contribution in [-0.2, 0) is 7.05 Å². The first-order valence-corrected chi connectivity index (χ1v) is 9.86. The number of aryl methyl sites for hydroxylation is 2. The van der Waals surface area contributed by atoms with Gasteiger partial charge in [-0.15, -0.1) is 0 Å². The fraction of sp³-hybridized carbons (Fsp3) is 0.353. The second kappa shape index (κ2) is 6.08. The van der Waals surface area contributed by atoms with E-state index in [0.717, 1.165) is 40.3 Å². The average Bonchev–Trinajstić information content (AvgIpc) is 3.37. The van der Waals surface area contributed by atoms with Gasteiger partial charge >= 0.3 is 5.69 Å². The minimum Gasteiger partial charge on any atom is -0.323 e. The Hall–Kier alpha value is -2.88. The lowest BCUT2D eigenvalue weighted by Crippen LogP contribution is -2.26. The van der Waals surface area contributed by atoms with E-state index in [1.54, 1.807) is 22.3 Å². The van der Waals surface area contributed by atoms with Gasteiger partial charge in [0.1, 0.15) is 11.8 Å². The molecule has 27 heavy (non-hydrogen) atoms. The minimum atomic E-state index is -0.0378. The highest BCUT2D eigenvalue weighted by atomic mass is 32.2. The molecule has 0 bridgehead atoms. The van der Waals surface area contributed by atoms with E-state index in [0.29, 0.717) is 11.6 Å². The van der Waals surface area contributed by atoms with Crippen LogP contribution in [0.15, 0.2) is 29.6 Å². The molecule has 9 nitrogen and oxygen atoms in total. The normalized spacial score (nSPS) is 17.2. The lowest BCUT2D eigenvalue weighted by molar-refractivity contribution is 0.544. The van der Waals surface area contributed by atoms with Crippen molar-refractivity contribution in [3.8, 4) is 0 Å². The summed E-state index contributed by atoms with van der Waals surface area (Å²) < 4.78 is 5.13. The molecule has 5 heterocycles. The van der Waals surface area contributed by atoms with Crippen molar-refractivity contribution in [1.82, 2.24) is 33.7 Å². The molecule has 0 spiro atoms. The number of pyridine rings is 1. The van der Waals surface area contributed by atoms with Crippen LogP contribution in [0.1, 0.15) is 18.0 Å². The van der Waals surface area contributed by atoms with Gasteiger partial charge in [0.25, 0.3) is 0 Å². The van der Waals surface area contributed by atoms with Crippen molar-refractivity contribution in [3.05, 3.63) is 40.8 Å². The van der Waals surface area contributed by atoms with E-state index in [2.05, 4.69) is 25.4 Å². The molecule has 1 N–H and O–H groups in total. The van der Waals surface area contributed by atoms with E-state index in [-0.39, 0.29) is 11.7 Å². The summed E-state index contributed by atoms with van der Waals surface area (Å²) in [7, 11) is 1.77. The van der Waals surface area contributed by atoms with E-state index in [4.69, 9.17) is 0 Å². The summed E-state index contributed by atoms with van der Waals surface area (Å²) in [5.74, 6) is 2.46. The van der Waals surface area contributed by atoms with Crippen LogP contribution >= 0.6 is 11.8 Å². The molecular weight excluding hydrogens is 364 g/mol. The lowest BCUT2D eigenvalue weighted by Gasteiger charge is -2.11. The molecule has 0 radical (unpaired) electrons. The molecule has 10 heteroatoms. The number of hydrogen-bond donors (Lipinski definition) is 1. The van der Waals surface area contributed by atoms with Gasteiger partial charge in [0.2, 0.25) is 5.95 Å². The van der Waals surface area contributed by atoms with Gasteiger partial charge in [-0.3, -0.25) is 9.13 Å². The third-order valence-corrected chi connectivity index (χ3v) is 6.12. The number of fused-ring (bicyclic) bond motifs is 2. The largest absolute Gasteiger partial charge is 0.330 e. The molecule has 0 saturated carbocycles. The Morgan fingerprint density at radius 2 is 2.22 bits per heavy atom. The first-order valence-electron chi connectivity index (χ1n) is 8.70. The van der Waals surface area contributed by atoms with E-state index in [9.17, 15) is 4.79 Å². The third kappa shape index (κ3) is 2.59. The van der Waals surface area contributed by atoms with E-state index < -0.39 is 0 Å². The zero-order valence-electron chi connectivity index (χ0n) is 15.0. The van der Waals surface area contributed by atoms with Crippen molar-refractivity contribution < 1.29 is 0 Å². The molecule has 0 aliphatic carbocycles. The van der Waals surface area contributed by atoms with Crippen LogP contribution in [0.25, 0.3) is 16.8 Å². The van der Waals surface area contributed by atoms with Crippen LogP contribution in [-0.4, -0.2) is 45.2 Å². The Kier molecular flexibility index (Phi) is 3.67. The molecule has 1 aliphatic heterocycles. The molecule has 1 atom stereocenters. The highest BCUT2D eigenvalue weighted by Gasteiger charge is 2.24. The van der Waals surface area contributed by atoms with Crippen molar-refractivity contribution >= 4 is 40.2 Å². The summed E-state index contributed by atoms with van der Waals surface area (Å²) in [6.45, 7) is 1.99. The first-order chi connectivity index (χ1) is 13.1. The summed E-state index contributed by atoms with van der Waals surface area (Å²) in [4.78, 5) is 26.0. The quantitative estimate of drug-likeness (QED) is 0.578. The maximum Gasteiger partial charge on any atom is 0.330 e. The van der Waals surface area contributed by atoms with Crippen molar-refractivity contribution in [2.24, 2.45) is 7.05 Å². The summed E-state index contributed by atoms with van der Waals surface area (Å²) in [6, 6.07) is 2.13. The zero-order chi connectivity index (χ0) is 18.5. The Balaban J connectivity index is 1.60. The number of anilines is 2. The highest BCUT2D eigenvalue weighted by Crippen LogP contribution is 2.29. The zero-order valence-corrected chi connectivity index (χ0v) is 15.8. The van der Waals surface area contributed by atoms with Gasteiger partial charge in [-0.05, 0) is 30.7 Å². The molecule has 5 rings (SSSR count). The van der Waals surface area contributed by atoms with Crippen LogP contribution in [0.3, 0.4) is 0 Å². The molecule has 4 aromatic rings. The van der Waals surface area contributed by atoms with E-state index in [1.807, 2.05) is 35.5 Å². The van der Waals surface area contributed by atoms with Gasteiger partial charge in [-0.1, -0.05) is 0 Å². The molecular formula is C17H18N8OS. The van der Waals surface area contributed by atoms with Gasteiger partial charge < -0.3 is 5.32 Å². The van der Waals surface area contributed by atoms with Crippen LogP contribution in [0.4, 0.5) is 11.6 Å². The van der Waals surface area contributed by atoms with Gasteiger partial charge in [-0.25, -0.2) is 19.3 Å². The molecule has 1 fully saturated rings. The van der Waals surface area contributed by atoms with Gasteiger partial charge in [0, 0.05) is 12.8 Å². The molecule has 4 aromatic heterocycles. The summed E-state index contributed by atoms with van der Waals surface area (Å²) >= 11 is 1.87. The van der Waals surface area contributed by atoms with Crippen molar-refractivity contribution in [2.45, 2.75) is 19.4 Å². The molecule has 138 valence electrons.